The van der Waals surface area contributed by atoms with Gasteiger partial charge in [-0.25, -0.2) is 4.79 Å². The Balaban J connectivity index is 2.31. The fraction of sp³-hybridized carbons (Fsp3) is 0.778. The normalized spacial score (nSPS) is 24.6. The lowest BCUT2D eigenvalue weighted by Crippen LogP contribution is -2.30. The van der Waals surface area contributed by atoms with Crippen molar-refractivity contribution >= 4 is 11.9 Å². The van der Waals surface area contributed by atoms with E-state index >= 15 is 0 Å². The number of carbonyl (C=O) groups is 2. The molecule has 1 fully saturated rings. The van der Waals surface area contributed by atoms with E-state index in [1.807, 2.05) is 6.92 Å². The average molecular weight is 201 g/mol. The molecule has 1 rings (SSSR count). The van der Waals surface area contributed by atoms with Crippen LogP contribution in [0.1, 0.15) is 20.8 Å². The highest BCUT2D eigenvalue weighted by atomic mass is 16.6. The van der Waals surface area contributed by atoms with Crippen molar-refractivity contribution in [2.75, 3.05) is 6.54 Å². The van der Waals surface area contributed by atoms with Gasteiger partial charge in [0.15, 0.2) is 12.2 Å². The van der Waals surface area contributed by atoms with Crippen molar-refractivity contribution in [2.45, 2.75) is 39.1 Å². The number of epoxide rings is 1. The Kier molecular flexibility index (Phi) is 3.46. The molecule has 1 aliphatic rings. The van der Waals surface area contributed by atoms with Crippen LogP contribution < -0.4 is 5.32 Å². The van der Waals surface area contributed by atoms with Crippen molar-refractivity contribution in [1.82, 2.24) is 5.32 Å². The Morgan fingerprint density at radius 1 is 1.43 bits per heavy atom. The van der Waals surface area contributed by atoms with E-state index in [0.717, 1.165) is 0 Å². The maximum absolute atomic E-state index is 11.2. The summed E-state index contributed by atoms with van der Waals surface area (Å²) in [4.78, 5) is 22.4. The van der Waals surface area contributed by atoms with Crippen LogP contribution in [0.15, 0.2) is 0 Å². The quantitative estimate of drug-likeness (QED) is 0.507. The minimum absolute atomic E-state index is 0.179. The van der Waals surface area contributed by atoms with E-state index in [-0.39, 0.29) is 12.0 Å². The summed E-state index contributed by atoms with van der Waals surface area (Å²) < 4.78 is 9.80. The first-order valence-corrected chi connectivity index (χ1v) is 4.70. The molecule has 0 aromatic heterocycles. The zero-order valence-corrected chi connectivity index (χ0v) is 8.57. The molecule has 1 N–H and O–H groups in total. The van der Waals surface area contributed by atoms with Crippen LogP contribution >= 0.6 is 0 Å². The third kappa shape index (κ3) is 2.70. The van der Waals surface area contributed by atoms with Gasteiger partial charge in [0.1, 0.15) is 0 Å². The molecule has 0 radical (unpaired) electrons. The Labute approximate surface area is 82.8 Å². The predicted molar refractivity (Wildman–Crippen MR) is 48.6 cm³/mol. The molecule has 0 saturated carbocycles. The number of amides is 1. The van der Waals surface area contributed by atoms with Crippen LogP contribution in [-0.2, 0) is 19.1 Å². The highest BCUT2D eigenvalue weighted by Gasteiger charge is 2.51. The standard InChI is InChI=1S/C9H15NO4/c1-4-10-8(11)6-7(14-6)9(12)13-5(2)3/h5-7H,4H2,1-3H3,(H,10,11). The summed E-state index contributed by atoms with van der Waals surface area (Å²) in [6, 6.07) is 0. The van der Waals surface area contributed by atoms with Gasteiger partial charge in [-0.15, -0.1) is 0 Å². The Bertz CT molecular complexity index is 239. The summed E-state index contributed by atoms with van der Waals surface area (Å²) in [5.74, 6) is -0.713. The highest BCUT2D eigenvalue weighted by molar-refractivity contribution is 5.92. The number of esters is 1. The van der Waals surface area contributed by atoms with Gasteiger partial charge in [-0.1, -0.05) is 0 Å². The second-order valence-corrected chi connectivity index (χ2v) is 3.36. The van der Waals surface area contributed by atoms with Crippen molar-refractivity contribution in [3.8, 4) is 0 Å². The fourth-order valence-electron chi connectivity index (χ4n) is 1.07. The summed E-state index contributed by atoms with van der Waals surface area (Å²) >= 11 is 0. The second kappa shape index (κ2) is 4.41. The van der Waals surface area contributed by atoms with E-state index in [1.165, 1.54) is 0 Å². The van der Waals surface area contributed by atoms with Crippen LogP contribution in [0, 0.1) is 0 Å². The van der Waals surface area contributed by atoms with E-state index in [9.17, 15) is 9.59 Å². The summed E-state index contributed by atoms with van der Waals surface area (Å²) in [6.45, 7) is 5.84. The zero-order valence-electron chi connectivity index (χ0n) is 8.57. The monoisotopic (exact) mass is 201 g/mol. The largest absolute Gasteiger partial charge is 0.461 e. The van der Waals surface area contributed by atoms with Crippen LogP contribution in [0.5, 0.6) is 0 Å². The lowest BCUT2D eigenvalue weighted by atomic mass is 10.3. The summed E-state index contributed by atoms with van der Waals surface area (Å²) in [5.41, 5.74) is 0. The molecule has 5 heteroatoms. The summed E-state index contributed by atoms with van der Waals surface area (Å²) in [5, 5.41) is 2.57. The Hall–Kier alpha value is -1.10. The number of hydrogen-bond acceptors (Lipinski definition) is 4. The van der Waals surface area contributed by atoms with Gasteiger partial charge in [-0.05, 0) is 20.8 Å². The first kappa shape index (κ1) is 11.0. The lowest BCUT2D eigenvalue weighted by molar-refractivity contribution is -0.149. The number of likely N-dealkylation sites (N-methyl/N-ethyl adjacent to an activating group) is 1. The minimum atomic E-state index is -0.705. The van der Waals surface area contributed by atoms with Crippen LogP contribution in [0.4, 0.5) is 0 Å². The van der Waals surface area contributed by atoms with E-state index in [2.05, 4.69) is 5.32 Å². The number of rotatable bonds is 4. The maximum atomic E-state index is 11.2. The van der Waals surface area contributed by atoms with Crippen molar-refractivity contribution in [3.63, 3.8) is 0 Å². The van der Waals surface area contributed by atoms with Gasteiger partial charge in [0.25, 0.3) is 5.91 Å². The molecule has 2 atom stereocenters. The van der Waals surface area contributed by atoms with E-state index in [4.69, 9.17) is 9.47 Å². The molecule has 2 unspecified atom stereocenters. The van der Waals surface area contributed by atoms with Crippen molar-refractivity contribution in [1.29, 1.82) is 0 Å². The molecule has 0 aromatic carbocycles. The molecule has 0 spiro atoms. The number of ether oxygens (including phenoxy) is 2. The molecule has 0 bridgehead atoms. The van der Waals surface area contributed by atoms with Crippen molar-refractivity contribution < 1.29 is 19.1 Å². The zero-order chi connectivity index (χ0) is 10.7. The van der Waals surface area contributed by atoms with Gasteiger partial charge in [0, 0.05) is 6.54 Å². The van der Waals surface area contributed by atoms with Crippen LogP contribution in [0.25, 0.3) is 0 Å². The lowest BCUT2D eigenvalue weighted by Gasteiger charge is -2.05. The molecule has 1 heterocycles. The molecule has 5 nitrogen and oxygen atoms in total. The Morgan fingerprint density at radius 2 is 2.07 bits per heavy atom. The van der Waals surface area contributed by atoms with Crippen molar-refractivity contribution in [2.24, 2.45) is 0 Å². The molecule has 1 saturated heterocycles. The number of hydrogen-bond donors (Lipinski definition) is 1. The third-order valence-corrected chi connectivity index (χ3v) is 1.69. The van der Waals surface area contributed by atoms with Gasteiger partial charge < -0.3 is 14.8 Å². The molecule has 1 amide bonds. The van der Waals surface area contributed by atoms with E-state index in [0.29, 0.717) is 6.54 Å². The predicted octanol–water partition coefficient (Wildman–Crippen LogP) is -0.159. The molecule has 0 aliphatic carbocycles. The smallest absolute Gasteiger partial charge is 0.338 e. The SMILES string of the molecule is CCNC(=O)C1OC1C(=O)OC(C)C. The third-order valence-electron chi connectivity index (χ3n) is 1.69. The molecule has 14 heavy (non-hydrogen) atoms. The fourth-order valence-corrected chi connectivity index (χ4v) is 1.07. The summed E-state index contributed by atoms with van der Waals surface area (Å²) in [7, 11) is 0. The molecule has 0 aromatic rings. The van der Waals surface area contributed by atoms with E-state index < -0.39 is 18.2 Å². The van der Waals surface area contributed by atoms with Crippen molar-refractivity contribution in [3.05, 3.63) is 0 Å². The topological polar surface area (TPSA) is 67.9 Å². The van der Waals surface area contributed by atoms with Gasteiger partial charge in [0.05, 0.1) is 6.10 Å². The van der Waals surface area contributed by atoms with Crippen LogP contribution in [-0.4, -0.2) is 36.7 Å². The molecule has 80 valence electrons. The summed E-state index contributed by atoms with van der Waals surface area (Å²) in [6.07, 6.45) is -1.54. The van der Waals surface area contributed by atoms with Gasteiger partial charge in [-0.3, -0.25) is 4.79 Å². The molecule has 1 aliphatic heterocycles. The van der Waals surface area contributed by atoms with Crippen LogP contribution in [0.2, 0.25) is 0 Å². The highest BCUT2D eigenvalue weighted by Crippen LogP contribution is 2.23. The first-order chi connectivity index (χ1) is 6.56. The van der Waals surface area contributed by atoms with Gasteiger partial charge in [-0.2, -0.15) is 0 Å². The number of nitrogens with one attached hydrogen (secondary N) is 1. The molecular formula is C9H15NO4. The maximum Gasteiger partial charge on any atom is 0.338 e. The minimum Gasteiger partial charge on any atom is -0.461 e. The Morgan fingerprint density at radius 3 is 2.57 bits per heavy atom. The van der Waals surface area contributed by atoms with Crippen LogP contribution in [0.3, 0.4) is 0 Å². The van der Waals surface area contributed by atoms with Gasteiger partial charge >= 0.3 is 5.97 Å². The number of carbonyl (C=O) groups excluding carboxylic acids is 2. The average Bonchev–Trinajstić information content (AvgIpc) is 2.81. The van der Waals surface area contributed by atoms with E-state index in [1.54, 1.807) is 13.8 Å². The first-order valence-electron chi connectivity index (χ1n) is 4.70. The van der Waals surface area contributed by atoms with Gasteiger partial charge in [0.2, 0.25) is 0 Å². The molecular weight excluding hydrogens is 186 g/mol. The second-order valence-electron chi connectivity index (χ2n) is 3.36.